The first-order chi connectivity index (χ1) is 13.7. The molecule has 1 amide bonds. The van der Waals surface area contributed by atoms with E-state index in [9.17, 15) is 4.79 Å². The number of aromatic nitrogens is 3. The maximum atomic E-state index is 12.6. The van der Waals surface area contributed by atoms with E-state index in [1.807, 2.05) is 13.0 Å². The average molecular weight is 400 g/mol. The molecule has 1 fully saturated rings. The Morgan fingerprint density at radius 3 is 2.89 bits per heavy atom. The average Bonchev–Trinajstić information content (AvgIpc) is 3.44. The molecular weight excluding hydrogens is 380 g/mol. The van der Waals surface area contributed by atoms with Gasteiger partial charge < -0.3 is 19.0 Å². The monoisotopic (exact) mass is 400 g/mol. The summed E-state index contributed by atoms with van der Waals surface area (Å²) in [4.78, 5) is 20.9. The third-order valence-corrected chi connectivity index (χ3v) is 5.32. The molecule has 0 aliphatic carbocycles. The molecule has 1 aliphatic heterocycles. The van der Waals surface area contributed by atoms with Crippen LogP contribution in [0.2, 0.25) is 0 Å². The molecule has 3 aromatic rings. The number of carbonyl (C=O) groups excluding carboxylic acids is 1. The summed E-state index contributed by atoms with van der Waals surface area (Å²) in [6, 6.07) is 7.05. The van der Waals surface area contributed by atoms with Gasteiger partial charge in [0.05, 0.1) is 30.7 Å². The molecule has 0 saturated carbocycles. The van der Waals surface area contributed by atoms with Gasteiger partial charge >= 0.3 is 0 Å². The number of hydrogen-bond donors (Lipinski definition) is 1. The first-order valence-corrected chi connectivity index (χ1v) is 9.95. The van der Waals surface area contributed by atoms with Crippen molar-refractivity contribution in [1.29, 1.82) is 0 Å². The second-order valence-corrected chi connectivity index (χ2v) is 7.54. The van der Waals surface area contributed by atoms with Crippen LogP contribution < -0.4 is 5.32 Å². The number of nitrogens with one attached hydrogen (secondary N) is 1. The first-order valence-electron chi connectivity index (χ1n) is 8.96. The van der Waals surface area contributed by atoms with Gasteiger partial charge in [0.15, 0.2) is 10.9 Å². The van der Waals surface area contributed by atoms with E-state index in [1.54, 1.807) is 30.6 Å². The molecule has 1 aliphatic rings. The molecule has 0 aromatic carbocycles. The van der Waals surface area contributed by atoms with Crippen molar-refractivity contribution < 1.29 is 18.5 Å². The molecule has 9 heteroatoms. The van der Waals surface area contributed by atoms with Crippen molar-refractivity contribution >= 4 is 17.7 Å². The minimum Gasteiger partial charge on any atom is -0.455 e. The van der Waals surface area contributed by atoms with Crippen LogP contribution in [0.3, 0.4) is 0 Å². The summed E-state index contributed by atoms with van der Waals surface area (Å²) in [5.41, 5.74) is 0.844. The van der Waals surface area contributed by atoms with Crippen LogP contribution in [-0.2, 0) is 16.9 Å². The number of hydrogen-bond acceptors (Lipinski definition) is 8. The number of rotatable bonds is 7. The summed E-state index contributed by atoms with van der Waals surface area (Å²) < 4.78 is 16.5. The van der Waals surface area contributed by atoms with E-state index in [0.717, 1.165) is 11.5 Å². The van der Waals surface area contributed by atoms with Gasteiger partial charge in [-0.25, -0.2) is 9.97 Å². The number of carbonyl (C=O) groups is 1. The topological polar surface area (TPSA) is 103 Å². The molecular formula is C19H20N4O4S. The predicted octanol–water partition coefficient (Wildman–Crippen LogP) is 2.65. The normalized spacial score (nSPS) is 19.0. The van der Waals surface area contributed by atoms with Crippen molar-refractivity contribution in [1.82, 2.24) is 20.4 Å². The van der Waals surface area contributed by atoms with Crippen molar-refractivity contribution in [3.8, 4) is 0 Å². The molecule has 4 rings (SSSR count). The number of ether oxygens (including phenoxy) is 1. The van der Waals surface area contributed by atoms with Crippen molar-refractivity contribution in [2.45, 2.75) is 30.3 Å². The Hall–Kier alpha value is -2.65. The Balaban J connectivity index is 1.32. The molecule has 0 spiro atoms. The van der Waals surface area contributed by atoms with Crippen LogP contribution in [0.1, 0.15) is 27.8 Å². The SMILES string of the molecule is Cc1cc(C[C@@H]2COC[C@@H]2NC(=O)c2ccc(CSc3ncccn3)o2)on1. The molecule has 3 aromatic heterocycles. The molecule has 1 N–H and O–H groups in total. The largest absolute Gasteiger partial charge is 0.455 e. The lowest BCUT2D eigenvalue weighted by Gasteiger charge is -2.17. The molecule has 4 heterocycles. The van der Waals surface area contributed by atoms with Gasteiger partial charge in [0.25, 0.3) is 5.91 Å². The fourth-order valence-electron chi connectivity index (χ4n) is 3.04. The number of aryl methyl sites for hydroxylation is 1. The van der Waals surface area contributed by atoms with Gasteiger partial charge in [-0.05, 0) is 25.1 Å². The van der Waals surface area contributed by atoms with Crippen LogP contribution in [0.15, 0.2) is 50.8 Å². The molecule has 146 valence electrons. The van der Waals surface area contributed by atoms with E-state index < -0.39 is 0 Å². The van der Waals surface area contributed by atoms with Gasteiger partial charge in [0, 0.05) is 30.8 Å². The van der Waals surface area contributed by atoms with E-state index in [-0.39, 0.29) is 23.6 Å². The highest BCUT2D eigenvalue weighted by atomic mass is 32.2. The third-order valence-electron chi connectivity index (χ3n) is 4.43. The molecule has 0 bridgehead atoms. The van der Waals surface area contributed by atoms with E-state index in [1.165, 1.54) is 11.8 Å². The quantitative estimate of drug-likeness (QED) is 0.477. The fraction of sp³-hybridized carbons (Fsp3) is 0.368. The van der Waals surface area contributed by atoms with E-state index >= 15 is 0 Å². The second kappa shape index (κ2) is 8.57. The smallest absolute Gasteiger partial charge is 0.287 e. The number of thioether (sulfide) groups is 1. The molecule has 0 unspecified atom stereocenters. The first kappa shape index (κ1) is 18.7. The Bertz CT molecular complexity index is 927. The lowest BCUT2D eigenvalue weighted by Crippen LogP contribution is -2.40. The Labute approximate surface area is 166 Å². The van der Waals surface area contributed by atoms with Gasteiger partial charge in [0.2, 0.25) is 0 Å². The highest BCUT2D eigenvalue weighted by Crippen LogP contribution is 2.22. The van der Waals surface area contributed by atoms with Gasteiger partial charge in [-0.1, -0.05) is 16.9 Å². The van der Waals surface area contributed by atoms with E-state index in [4.69, 9.17) is 13.7 Å². The van der Waals surface area contributed by atoms with Crippen molar-refractivity contribution in [2.24, 2.45) is 5.92 Å². The number of furan rings is 1. The van der Waals surface area contributed by atoms with Crippen LogP contribution in [0.4, 0.5) is 0 Å². The zero-order valence-electron chi connectivity index (χ0n) is 15.3. The van der Waals surface area contributed by atoms with Crippen LogP contribution in [-0.4, -0.2) is 40.3 Å². The highest BCUT2D eigenvalue weighted by molar-refractivity contribution is 7.98. The summed E-state index contributed by atoms with van der Waals surface area (Å²) in [5, 5.41) is 7.58. The summed E-state index contributed by atoms with van der Waals surface area (Å²) in [6.45, 7) is 2.92. The standard InChI is InChI=1S/C19H20N4O4S/c1-12-7-15(27-23-12)8-13-9-25-10-16(13)22-18(24)17-4-3-14(26-17)11-28-19-20-5-2-6-21-19/h2-7,13,16H,8-11H2,1H3,(H,22,24)/t13-,16+/m1/s1. The van der Waals surface area contributed by atoms with Crippen LogP contribution in [0.25, 0.3) is 0 Å². The Kier molecular flexibility index (Phi) is 5.73. The lowest BCUT2D eigenvalue weighted by molar-refractivity contribution is 0.0895. The van der Waals surface area contributed by atoms with Crippen molar-refractivity contribution in [2.75, 3.05) is 13.2 Å². The maximum Gasteiger partial charge on any atom is 0.287 e. The lowest BCUT2D eigenvalue weighted by atomic mass is 9.98. The number of nitrogens with zero attached hydrogens (tertiary/aromatic N) is 3. The van der Waals surface area contributed by atoms with Gasteiger partial charge in [-0.3, -0.25) is 4.79 Å². The zero-order chi connectivity index (χ0) is 19.3. The summed E-state index contributed by atoms with van der Waals surface area (Å²) in [6.07, 6.45) is 4.05. The summed E-state index contributed by atoms with van der Waals surface area (Å²) in [7, 11) is 0. The predicted molar refractivity (Wildman–Crippen MR) is 101 cm³/mol. The molecule has 1 saturated heterocycles. The van der Waals surface area contributed by atoms with Gasteiger partial charge in [-0.2, -0.15) is 0 Å². The van der Waals surface area contributed by atoms with Crippen molar-refractivity contribution in [3.05, 3.63) is 59.6 Å². The maximum absolute atomic E-state index is 12.6. The molecule has 0 radical (unpaired) electrons. The van der Waals surface area contributed by atoms with Crippen LogP contribution >= 0.6 is 11.8 Å². The zero-order valence-corrected chi connectivity index (χ0v) is 16.1. The van der Waals surface area contributed by atoms with E-state index in [2.05, 4.69) is 20.4 Å². The Morgan fingerprint density at radius 1 is 1.25 bits per heavy atom. The number of amides is 1. The molecule has 28 heavy (non-hydrogen) atoms. The Morgan fingerprint density at radius 2 is 2.11 bits per heavy atom. The van der Waals surface area contributed by atoms with Gasteiger partial charge in [0.1, 0.15) is 11.5 Å². The third kappa shape index (κ3) is 4.60. The van der Waals surface area contributed by atoms with Crippen LogP contribution in [0.5, 0.6) is 0 Å². The van der Waals surface area contributed by atoms with E-state index in [0.29, 0.717) is 36.3 Å². The van der Waals surface area contributed by atoms with Crippen LogP contribution in [0, 0.1) is 12.8 Å². The molecule has 8 nitrogen and oxygen atoms in total. The minimum absolute atomic E-state index is 0.0986. The highest BCUT2D eigenvalue weighted by Gasteiger charge is 2.31. The molecule has 2 atom stereocenters. The van der Waals surface area contributed by atoms with Gasteiger partial charge in [-0.15, -0.1) is 0 Å². The van der Waals surface area contributed by atoms with Crippen molar-refractivity contribution in [3.63, 3.8) is 0 Å². The fourth-order valence-corrected chi connectivity index (χ4v) is 3.74. The summed E-state index contributed by atoms with van der Waals surface area (Å²) in [5.74, 6) is 2.22. The summed E-state index contributed by atoms with van der Waals surface area (Å²) >= 11 is 1.45. The second-order valence-electron chi connectivity index (χ2n) is 6.60. The minimum atomic E-state index is -0.249.